The zero-order valence-electron chi connectivity index (χ0n) is 19.1. The van der Waals surface area contributed by atoms with Gasteiger partial charge in [-0.25, -0.2) is 0 Å². The maximum atomic E-state index is 3.73. The molecule has 1 aliphatic heterocycles. The van der Waals surface area contributed by atoms with Crippen molar-refractivity contribution in [1.82, 2.24) is 0 Å². The second-order valence-electron chi connectivity index (χ2n) is 8.82. The lowest BCUT2D eigenvalue weighted by Crippen LogP contribution is -1.98. The Morgan fingerprint density at radius 1 is 1.28 bits per heavy atom. The summed E-state index contributed by atoms with van der Waals surface area (Å²) in [5.41, 5.74) is 5.42. The zero-order chi connectivity index (χ0) is 21.3. The van der Waals surface area contributed by atoms with E-state index < -0.39 is 7.26 Å². The maximum Gasteiger partial charge on any atom is 0.107 e. The van der Waals surface area contributed by atoms with Gasteiger partial charge < -0.3 is 0 Å². The second-order valence-corrected chi connectivity index (χ2v) is 13.2. The summed E-state index contributed by atoms with van der Waals surface area (Å²) in [5.74, 6) is 1.03. The lowest BCUT2D eigenvalue weighted by atomic mass is 9.94. The second kappa shape index (κ2) is 11.5. The topological polar surface area (TPSA) is 0 Å². The fourth-order valence-electron chi connectivity index (χ4n) is 4.07. The highest BCUT2D eigenvalue weighted by Gasteiger charge is 2.57. The molecule has 0 amide bonds. The van der Waals surface area contributed by atoms with E-state index in [1.165, 1.54) is 35.5 Å². The van der Waals surface area contributed by atoms with Gasteiger partial charge in [-0.3, -0.25) is 0 Å². The van der Waals surface area contributed by atoms with Crippen molar-refractivity contribution in [2.75, 3.05) is 19.0 Å². The van der Waals surface area contributed by atoms with E-state index in [0.717, 1.165) is 12.1 Å². The van der Waals surface area contributed by atoms with E-state index in [1.54, 1.807) is 0 Å². The molecule has 0 spiro atoms. The first-order valence-corrected chi connectivity index (χ1v) is 13.7. The van der Waals surface area contributed by atoms with Crippen molar-refractivity contribution < 1.29 is 0 Å². The minimum absolute atomic E-state index is 0.494. The van der Waals surface area contributed by atoms with Gasteiger partial charge in [-0.2, -0.15) is 0 Å². The predicted octanol–water partition coefficient (Wildman–Crippen LogP) is 8.31. The van der Waals surface area contributed by atoms with Crippen LogP contribution in [0.5, 0.6) is 0 Å². The fourth-order valence-corrected chi connectivity index (χ4v) is 7.69. The van der Waals surface area contributed by atoms with Gasteiger partial charge in [0.2, 0.25) is 0 Å². The Labute approximate surface area is 180 Å². The van der Waals surface area contributed by atoms with Gasteiger partial charge in [-0.1, -0.05) is 98.9 Å². The van der Waals surface area contributed by atoms with Crippen LogP contribution in [0, 0.1) is 11.8 Å². The molecule has 1 fully saturated rings. The van der Waals surface area contributed by atoms with Gasteiger partial charge in [0.15, 0.2) is 0 Å². The van der Waals surface area contributed by atoms with Crippen molar-refractivity contribution in [3.8, 4) is 0 Å². The van der Waals surface area contributed by atoms with Crippen LogP contribution in [0.4, 0.5) is 0 Å². The highest BCUT2D eigenvalue weighted by Crippen LogP contribution is 2.76. The minimum Gasteiger partial charge on any atom is -0.0991 e. The van der Waals surface area contributed by atoms with E-state index in [9.17, 15) is 0 Å². The molecular weight excluding hydrogens is 367 g/mol. The van der Waals surface area contributed by atoms with Crippen LogP contribution in [0.2, 0.25) is 0 Å². The summed E-state index contributed by atoms with van der Waals surface area (Å²) >= 11 is 0. The molecule has 0 N–H and O–H groups in total. The predicted molar refractivity (Wildman–Crippen MR) is 136 cm³/mol. The van der Waals surface area contributed by atoms with Crippen LogP contribution in [0.1, 0.15) is 40.5 Å². The van der Waals surface area contributed by atoms with Gasteiger partial charge in [0.25, 0.3) is 0 Å². The molecule has 1 aliphatic carbocycles. The molecule has 1 heteroatoms. The highest BCUT2D eigenvalue weighted by atomic mass is 31.2. The van der Waals surface area contributed by atoms with Gasteiger partial charge in [-0.05, 0) is 43.3 Å². The van der Waals surface area contributed by atoms with Crippen molar-refractivity contribution in [2.45, 2.75) is 46.2 Å². The number of rotatable bonds is 11. The van der Waals surface area contributed by atoms with Gasteiger partial charge in [0, 0.05) is 20.3 Å². The number of hydrogen-bond donors (Lipinski definition) is 0. The van der Waals surface area contributed by atoms with Crippen molar-refractivity contribution in [2.24, 2.45) is 11.8 Å². The third kappa shape index (κ3) is 7.27. The normalized spacial score (nSPS) is 28.7. The van der Waals surface area contributed by atoms with E-state index in [4.69, 9.17) is 0 Å². The first-order valence-electron chi connectivity index (χ1n) is 11.1. The van der Waals surface area contributed by atoms with Gasteiger partial charge >= 0.3 is 0 Å². The standard InChI is InChI=1S/C28H40P/c1-7-9-11-13-17-27-25(5)18-19-28(27)24(4)16-14-20-29(6)22-26(29)21-23(3)15-12-10-8-2/h7-10,12-19,24-26H,2,11,20-22H2,1,3-6H3/q+1/b9-7-,12-10-,16-14-,17-13+,23-15-. The molecule has 0 aromatic rings. The molecule has 156 valence electrons. The summed E-state index contributed by atoms with van der Waals surface area (Å²) in [5, 5.41) is 0. The average Bonchev–Trinajstić information content (AvgIpc) is 3.15. The molecule has 2 aliphatic rings. The zero-order valence-corrected chi connectivity index (χ0v) is 20.0. The van der Waals surface area contributed by atoms with Gasteiger partial charge in [0.05, 0.1) is 12.3 Å². The van der Waals surface area contributed by atoms with Crippen LogP contribution >= 0.6 is 7.26 Å². The third-order valence-corrected chi connectivity index (χ3v) is 10.2. The molecule has 0 bridgehead atoms. The van der Waals surface area contributed by atoms with Crippen LogP contribution in [-0.4, -0.2) is 24.6 Å². The van der Waals surface area contributed by atoms with E-state index in [1.807, 2.05) is 12.2 Å². The van der Waals surface area contributed by atoms with Crippen molar-refractivity contribution in [3.63, 3.8) is 0 Å². The Morgan fingerprint density at radius 2 is 2.07 bits per heavy atom. The Morgan fingerprint density at radius 3 is 2.79 bits per heavy atom. The molecule has 1 saturated heterocycles. The molecule has 2 rings (SSSR count). The van der Waals surface area contributed by atoms with Crippen molar-refractivity contribution in [1.29, 1.82) is 0 Å². The summed E-state index contributed by atoms with van der Waals surface area (Å²) in [6, 6.07) is 0. The van der Waals surface area contributed by atoms with Crippen molar-refractivity contribution >= 4 is 7.26 Å². The monoisotopic (exact) mass is 407 g/mol. The molecule has 0 radical (unpaired) electrons. The molecule has 0 aromatic carbocycles. The Kier molecular flexibility index (Phi) is 9.38. The summed E-state index contributed by atoms with van der Waals surface area (Å²) in [6.07, 6.45) is 31.8. The third-order valence-electron chi connectivity index (χ3n) is 6.19. The average molecular weight is 408 g/mol. The van der Waals surface area contributed by atoms with Crippen molar-refractivity contribution in [3.05, 3.63) is 96.2 Å². The molecule has 29 heavy (non-hydrogen) atoms. The molecule has 0 saturated carbocycles. The maximum absolute atomic E-state index is 3.73. The summed E-state index contributed by atoms with van der Waals surface area (Å²) in [7, 11) is -0.737. The molecule has 0 nitrogen and oxygen atoms in total. The van der Waals surface area contributed by atoms with Crippen LogP contribution in [0.15, 0.2) is 96.2 Å². The molecule has 4 unspecified atom stereocenters. The molecule has 0 aromatic heterocycles. The SMILES string of the molecule is C=C/C=C\C=C(\C)CC1C[P+]1(C)C/C=C\C(C)C1=C(/C=C/C/C=C\C)C(C)C=C1. The van der Waals surface area contributed by atoms with E-state index in [2.05, 4.69) is 102 Å². The van der Waals surface area contributed by atoms with E-state index in [-0.39, 0.29) is 0 Å². The largest absolute Gasteiger partial charge is 0.107 e. The Hall–Kier alpha value is -1.65. The van der Waals surface area contributed by atoms with Crippen LogP contribution in [0.3, 0.4) is 0 Å². The smallest absolute Gasteiger partial charge is 0.0991 e. The minimum atomic E-state index is -0.737. The molecule has 1 heterocycles. The van der Waals surface area contributed by atoms with E-state index >= 15 is 0 Å². The van der Waals surface area contributed by atoms with E-state index in [0.29, 0.717) is 11.8 Å². The number of hydrogen-bond acceptors (Lipinski definition) is 0. The van der Waals surface area contributed by atoms with Crippen LogP contribution < -0.4 is 0 Å². The molecular formula is C28H40P+. The quantitative estimate of drug-likeness (QED) is 0.183. The molecule has 4 atom stereocenters. The lowest BCUT2D eigenvalue weighted by molar-refractivity contribution is 0.845. The van der Waals surface area contributed by atoms with Crippen LogP contribution in [-0.2, 0) is 0 Å². The highest BCUT2D eigenvalue weighted by molar-refractivity contribution is 7.83. The Bertz CT molecular complexity index is 768. The van der Waals surface area contributed by atoms with Gasteiger partial charge in [0.1, 0.15) is 5.66 Å². The Balaban J connectivity index is 1.91. The first kappa shape index (κ1) is 23.6. The number of allylic oxidation sites excluding steroid dienone is 15. The lowest BCUT2D eigenvalue weighted by Gasteiger charge is -2.12. The summed E-state index contributed by atoms with van der Waals surface area (Å²) in [4.78, 5) is 0. The summed E-state index contributed by atoms with van der Waals surface area (Å²) in [6.45, 7) is 15.3. The first-order chi connectivity index (χ1) is 13.9. The fraction of sp³-hybridized carbons (Fsp3) is 0.429. The van der Waals surface area contributed by atoms with Gasteiger partial charge in [-0.15, -0.1) is 0 Å². The summed E-state index contributed by atoms with van der Waals surface area (Å²) < 4.78 is 0. The van der Waals surface area contributed by atoms with Crippen LogP contribution in [0.25, 0.3) is 0 Å².